The van der Waals surface area contributed by atoms with Crippen LogP contribution in [0.25, 0.3) is 33.9 Å². The minimum Gasteiger partial charge on any atom is -0.306 e. The van der Waals surface area contributed by atoms with Gasteiger partial charge >= 0.3 is 0 Å². The Morgan fingerprint density at radius 2 is 1.32 bits per heavy atom. The topological polar surface area (TPSA) is 65.4 Å². The molecule has 0 amide bonds. The summed E-state index contributed by atoms with van der Waals surface area (Å²) in [6, 6.07) is 32.9. The van der Waals surface area contributed by atoms with Crippen molar-refractivity contribution >= 4 is 0 Å². The monoisotopic (exact) mass is 434 g/mol. The Labute approximate surface area is 197 Å². The number of nitriles is 2. The second kappa shape index (κ2) is 7.59. The maximum absolute atomic E-state index is 9.36. The molecule has 4 heteroatoms. The number of benzene rings is 3. The standard InChI is InChI=1S/C30H18N4/c31-19-24(20-32)21-15-17-30(18-16-21)26-14-8-7-13-25(26)29-33-27(22-9-3-1-4-10-22)28(34(29)30)23-11-5-2-6-12-23/h1-18H. The van der Waals surface area contributed by atoms with E-state index in [-0.39, 0.29) is 5.57 Å². The third-order valence-electron chi connectivity index (χ3n) is 6.49. The van der Waals surface area contributed by atoms with Crippen molar-refractivity contribution < 1.29 is 0 Å². The van der Waals surface area contributed by atoms with Crippen molar-refractivity contribution in [3.8, 4) is 46.0 Å². The van der Waals surface area contributed by atoms with Crippen molar-refractivity contribution in [2.75, 3.05) is 0 Å². The molecule has 2 aliphatic rings. The second-order valence-corrected chi connectivity index (χ2v) is 8.29. The molecule has 1 aliphatic heterocycles. The third-order valence-corrected chi connectivity index (χ3v) is 6.49. The quantitative estimate of drug-likeness (QED) is 0.342. The molecule has 4 nitrogen and oxygen atoms in total. The van der Waals surface area contributed by atoms with Gasteiger partial charge in [0.1, 0.15) is 29.1 Å². The van der Waals surface area contributed by atoms with Gasteiger partial charge in [0.05, 0.1) is 11.4 Å². The summed E-state index contributed by atoms with van der Waals surface area (Å²) in [5.41, 5.74) is 6.38. The van der Waals surface area contributed by atoms with Crippen LogP contribution in [0.2, 0.25) is 0 Å². The van der Waals surface area contributed by atoms with Crippen LogP contribution in [0.1, 0.15) is 5.56 Å². The molecule has 3 aromatic carbocycles. The van der Waals surface area contributed by atoms with Crippen LogP contribution in [-0.2, 0) is 5.54 Å². The summed E-state index contributed by atoms with van der Waals surface area (Å²) in [6.45, 7) is 0. The van der Waals surface area contributed by atoms with E-state index < -0.39 is 5.54 Å². The molecular formula is C30H18N4. The zero-order chi connectivity index (χ0) is 23.1. The molecule has 1 aromatic heterocycles. The lowest BCUT2D eigenvalue weighted by Crippen LogP contribution is -2.29. The molecule has 6 rings (SSSR count). The van der Waals surface area contributed by atoms with Crippen molar-refractivity contribution in [1.29, 1.82) is 10.5 Å². The molecule has 34 heavy (non-hydrogen) atoms. The summed E-state index contributed by atoms with van der Waals surface area (Å²) < 4.78 is 2.29. The van der Waals surface area contributed by atoms with E-state index >= 15 is 0 Å². The first-order valence-corrected chi connectivity index (χ1v) is 11.0. The summed E-state index contributed by atoms with van der Waals surface area (Å²) in [7, 11) is 0. The Morgan fingerprint density at radius 3 is 1.97 bits per heavy atom. The van der Waals surface area contributed by atoms with Gasteiger partial charge in [0.2, 0.25) is 0 Å². The van der Waals surface area contributed by atoms with E-state index in [1.165, 1.54) is 0 Å². The van der Waals surface area contributed by atoms with Gasteiger partial charge in [0, 0.05) is 22.3 Å². The van der Waals surface area contributed by atoms with Crippen LogP contribution in [0.3, 0.4) is 0 Å². The number of hydrogen-bond donors (Lipinski definition) is 0. The largest absolute Gasteiger partial charge is 0.306 e. The molecule has 2 heterocycles. The molecule has 1 spiro atoms. The van der Waals surface area contributed by atoms with Gasteiger partial charge in [-0.2, -0.15) is 10.5 Å². The van der Waals surface area contributed by atoms with Crippen molar-refractivity contribution in [1.82, 2.24) is 9.55 Å². The van der Waals surface area contributed by atoms with Crippen LogP contribution < -0.4 is 0 Å². The Morgan fingerprint density at radius 1 is 0.735 bits per heavy atom. The normalized spacial score (nSPS) is 17.2. The number of fused-ring (bicyclic) bond motifs is 5. The van der Waals surface area contributed by atoms with Gasteiger partial charge < -0.3 is 4.57 Å². The van der Waals surface area contributed by atoms with Gasteiger partial charge in [-0.3, -0.25) is 0 Å². The van der Waals surface area contributed by atoms with E-state index in [4.69, 9.17) is 4.98 Å². The predicted molar refractivity (Wildman–Crippen MR) is 132 cm³/mol. The molecule has 0 N–H and O–H groups in total. The van der Waals surface area contributed by atoms with Gasteiger partial charge in [0.25, 0.3) is 0 Å². The van der Waals surface area contributed by atoms with Crippen LogP contribution >= 0.6 is 0 Å². The second-order valence-electron chi connectivity index (χ2n) is 8.29. The molecule has 0 fully saturated rings. The van der Waals surface area contributed by atoms with E-state index in [1.54, 1.807) is 0 Å². The van der Waals surface area contributed by atoms with Gasteiger partial charge in [-0.15, -0.1) is 0 Å². The van der Waals surface area contributed by atoms with Crippen molar-refractivity contribution in [3.05, 3.63) is 126 Å². The maximum Gasteiger partial charge on any atom is 0.142 e. The Balaban J connectivity index is 1.70. The van der Waals surface area contributed by atoms with Crippen LogP contribution in [-0.4, -0.2) is 9.55 Å². The van der Waals surface area contributed by atoms with Crippen molar-refractivity contribution in [3.63, 3.8) is 0 Å². The number of nitrogens with zero attached hydrogens (tertiary/aromatic N) is 4. The highest BCUT2D eigenvalue weighted by Gasteiger charge is 2.44. The predicted octanol–water partition coefficient (Wildman–Crippen LogP) is 6.41. The molecular weight excluding hydrogens is 416 g/mol. The summed E-state index contributed by atoms with van der Waals surface area (Å²) in [4.78, 5) is 5.19. The highest BCUT2D eigenvalue weighted by Crippen LogP contribution is 2.51. The van der Waals surface area contributed by atoms with Crippen LogP contribution in [0.15, 0.2) is 120 Å². The smallest absolute Gasteiger partial charge is 0.142 e. The molecule has 0 saturated carbocycles. The van der Waals surface area contributed by atoms with Crippen molar-refractivity contribution in [2.24, 2.45) is 0 Å². The van der Waals surface area contributed by atoms with E-state index in [0.717, 1.165) is 39.5 Å². The Hall–Kier alpha value is -4.93. The van der Waals surface area contributed by atoms with Crippen LogP contribution in [0.4, 0.5) is 0 Å². The molecule has 0 atom stereocenters. The van der Waals surface area contributed by atoms with E-state index in [1.807, 2.05) is 72.8 Å². The number of hydrogen-bond acceptors (Lipinski definition) is 3. The highest BCUT2D eigenvalue weighted by atomic mass is 15.2. The number of allylic oxidation sites excluding steroid dienone is 6. The molecule has 0 saturated heterocycles. The SMILES string of the molecule is N#CC(C#N)=C1C=CC2(C=C1)c1ccccc1-c1nc(-c3ccccc3)c(-c3ccccc3)n12. The van der Waals surface area contributed by atoms with E-state index in [2.05, 4.69) is 53.1 Å². The van der Waals surface area contributed by atoms with Crippen LogP contribution in [0, 0.1) is 22.7 Å². The zero-order valence-electron chi connectivity index (χ0n) is 18.2. The van der Waals surface area contributed by atoms with Gasteiger partial charge in [0.15, 0.2) is 0 Å². The Kier molecular flexibility index (Phi) is 4.40. The first-order chi connectivity index (χ1) is 16.8. The average Bonchev–Trinajstić information content (AvgIpc) is 3.42. The highest BCUT2D eigenvalue weighted by molar-refractivity contribution is 5.86. The van der Waals surface area contributed by atoms with Crippen molar-refractivity contribution in [2.45, 2.75) is 5.54 Å². The van der Waals surface area contributed by atoms with Crippen LogP contribution in [0.5, 0.6) is 0 Å². The number of aromatic nitrogens is 2. The summed E-state index contributed by atoms with van der Waals surface area (Å²) in [5.74, 6) is 0.899. The number of rotatable bonds is 2. The first-order valence-electron chi connectivity index (χ1n) is 11.0. The van der Waals surface area contributed by atoms with Gasteiger partial charge in [-0.05, 0) is 17.7 Å². The lowest BCUT2D eigenvalue weighted by Gasteiger charge is -2.31. The minimum absolute atomic E-state index is 0.104. The first kappa shape index (κ1) is 19.7. The molecule has 1 aliphatic carbocycles. The number of imidazole rings is 1. The lowest BCUT2D eigenvalue weighted by molar-refractivity contribution is 0.589. The molecule has 158 valence electrons. The Bertz CT molecular complexity index is 1570. The van der Waals surface area contributed by atoms with E-state index in [9.17, 15) is 10.5 Å². The summed E-state index contributed by atoms with van der Waals surface area (Å²) >= 11 is 0. The summed E-state index contributed by atoms with van der Waals surface area (Å²) in [5, 5.41) is 18.7. The zero-order valence-corrected chi connectivity index (χ0v) is 18.2. The average molecular weight is 435 g/mol. The fourth-order valence-corrected chi connectivity index (χ4v) is 4.96. The van der Waals surface area contributed by atoms with Gasteiger partial charge in [-0.1, -0.05) is 97.1 Å². The fourth-order valence-electron chi connectivity index (χ4n) is 4.96. The van der Waals surface area contributed by atoms with E-state index in [0.29, 0.717) is 5.57 Å². The molecule has 4 aromatic rings. The third kappa shape index (κ3) is 2.73. The molecule has 0 radical (unpaired) electrons. The van der Waals surface area contributed by atoms with Gasteiger partial charge in [-0.25, -0.2) is 4.98 Å². The molecule has 0 unspecified atom stereocenters. The summed E-state index contributed by atoms with van der Waals surface area (Å²) in [6.07, 6.45) is 7.92. The fraction of sp³-hybridized carbons (Fsp3) is 0.0333. The maximum atomic E-state index is 9.36. The lowest BCUT2D eigenvalue weighted by atomic mass is 9.83. The minimum atomic E-state index is -0.614. The molecule has 0 bridgehead atoms.